The molecule has 5 atom stereocenters. The van der Waals surface area contributed by atoms with Gasteiger partial charge in [0.15, 0.2) is 0 Å². The lowest BCUT2D eigenvalue weighted by molar-refractivity contribution is -0.384. The molecule has 0 spiro atoms. The average molecular weight is 398 g/mol. The van der Waals surface area contributed by atoms with Crippen LogP contribution < -0.4 is 10.1 Å². The number of nitrogens with one attached hydrogen (secondary N) is 1. The topological polar surface area (TPSA) is 151 Å². The first kappa shape index (κ1) is 22.0. The summed E-state index contributed by atoms with van der Waals surface area (Å²) in [5.41, 5.74) is -0.124. The monoisotopic (exact) mass is 398 g/mol. The molecule has 1 saturated heterocycles. The molecule has 1 aliphatic heterocycles. The van der Waals surface area contributed by atoms with Gasteiger partial charge in [-0.2, -0.15) is 0 Å². The van der Waals surface area contributed by atoms with E-state index in [1.165, 1.54) is 24.3 Å². The number of non-ortho nitro benzene ring substituents is 1. The zero-order chi connectivity index (χ0) is 20.7. The number of benzene rings is 1. The van der Waals surface area contributed by atoms with Gasteiger partial charge < -0.3 is 30.1 Å². The highest BCUT2D eigenvalue weighted by Crippen LogP contribution is 2.26. The van der Waals surface area contributed by atoms with Crippen molar-refractivity contribution in [3.8, 4) is 5.75 Å². The first-order chi connectivity index (χ1) is 13.4. The van der Waals surface area contributed by atoms with Crippen molar-refractivity contribution < 1.29 is 34.5 Å². The Kier molecular flexibility index (Phi) is 8.12. The van der Waals surface area contributed by atoms with E-state index < -0.39 is 42.2 Å². The minimum absolute atomic E-state index is 0.124. The number of hydrogen-bond acceptors (Lipinski definition) is 8. The zero-order valence-corrected chi connectivity index (χ0v) is 15.6. The van der Waals surface area contributed by atoms with Crippen molar-refractivity contribution in [2.45, 2.75) is 63.3 Å². The molecule has 1 heterocycles. The Bertz CT molecular complexity index is 653. The van der Waals surface area contributed by atoms with E-state index in [4.69, 9.17) is 9.47 Å². The van der Waals surface area contributed by atoms with Crippen LogP contribution >= 0.6 is 0 Å². The van der Waals surface area contributed by atoms with Crippen molar-refractivity contribution in [1.82, 2.24) is 5.32 Å². The first-order valence-corrected chi connectivity index (χ1v) is 9.20. The van der Waals surface area contributed by atoms with E-state index in [0.29, 0.717) is 6.42 Å². The number of nitro benzene ring substituents is 1. The van der Waals surface area contributed by atoms with Crippen molar-refractivity contribution in [2.75, 3.05) is 6.61 Å². The molecular formula is C18H26N2O8. The van der Waals surface area contributed by atoms with Crippen LogP contribution in [0.4, 0.5) is 5.69 Å². The van der Waals surface area contributed by atoms with E-state index in [1.807, 2.05) is 6.92 Å². The number of ether oxygens (including phenoxy) is 2. The molecule has 1 aromatic carbocycles. The van der Waals surface area contributed by atoms with Gasteiger partial charge in [-0.15, -0.1) is 0 Å². The van der Waals surface area contributed by atoms with Crippen molar-refractivity contribution >= 4 is 11.6 Å². The highest BCUT2D eigenvalue weighted by Gasteiger charge is 2.46. The van der Waals surface area contributed by atoms with E-state index in [0.717, 1.165) is 12.8 Å². The third-order valence-electron chi connectivity index (χ3n) is 4.52. The number of aliphatic hydroxyl groups excluding tert-OH is 3. The summed E-state index contributed by atoms with van der Waals surface area (Å²) in [6.45, 7) is 1.45. The van der Waals surface area contributed by atoms with Crippen molar-refractivity contribution in [1.29, 1.82) is 0 Å². The Morgan fingerprint density at radius 1 is 1.25 bits per heavy atom. The lowest BCUT2D eigenvalue weighted by Gasteiger charge is -2.42. The predicted octanol–water partition coefficient (Wildman–Crippen LogP) is 0.478. The van der Waals surface area contributed by atoms with Gasteiger partial charge in [0.2, 0.25) is 12.2 Å². The van der Waals surface area contributed by atoms with Crippen LogP contribution in [-0.2, 0) is 9.53 Å². The minimum Gasteiger partial charge on any atom is -0.463 e. The lowest BCUT2D eigenvalue weighted by Crippen LogP contribution is -2.65. The fourth-order valence-electron chi connectivity index (χ4n) is 2.91. The van der Waals surface area contributed by atoms with Crippen LogP contribution in [0.3, 0.4) is 0 Å². The summed E-state index contributed by atoms with van der Waals surface area (Å²) in [6.07, 6.45) is -2.38. The fourth-order valence-corrected chi connectivity index (χ4v) is 2.91. The van der Waals surface area contributed by atoms with Gasteiger partial charge >= 0.3 is 0 Å². The van der Waals surface area contributed by atoms with Crippen LogP contribution in [0.2, 0.25) is 0 Å². The molecule has 0 saturated carbocycles. The number of amides is 1. The Morgan fingerprint density at radius 3 is 2.50 bits per heavy atom. The number of rotatable bonds is 9. The van der Waals surface area contributed by atoms with Crippen molar-refractivity contribution in [2.24, 2.45) is 0 Å². The molecule has 0 unspecified atom stereocenters. The molecule has 1 fully saturated rings. The minimum atomic E-state index is -1.43. The molecule has 1 aromatic rings. The van der Waals surface area contributed by atoms with Gasteiger partial charge in [-0.3, -0.25) is 14.9 Å². The van der Waals surface area contributed by atoms with Gasteiger partial charge in [0, 0.05) is 18.6 Å². The zero-order valence-electron chi connectivity index (χ0n) is 15.6. The number of carbonyl (C=O) groups is 1. The molecule has 0 radical (unpaired) electrons. The normalized spacial score (nSPS) is 27.2. The van der Waals surface area contributed by atoms with E-state index >= 15 is 0 Å². The largest absolute Gasteiger partial charge is 0.463 e. The number of hydrogen-bond donors (Lipinski definition) is 4. The second kappa shape index (κ2) is 10.3. The summed E-state index contributed by atoms with van der Waals surface area (Å²) in [5, 5.41) is 43.2. The van der Waals surface area contributed by atoms with Crippen LogP contribution in [0.25, 0.3) is 0 Å². The molecular weight excluding hydrogens is 372 g/mol. The third-order valence-corrected chi connectivity index (χ3v) is 4.52. The van der Waals surface area contributed by atoms with Crippen LogP contribution in [0.1, 0.15) is 32.6 Å². The van der Waals surface area contributed by atoms with Crippen LogP contribution in [0.15, 0.2) is 24.3 Å². The summed E-state index contributed by atoms with van der Waals surface area (Å²) >= 11 is 0. The second-order valence-corrected chi connectivity index (χ2v) is 6.63. The molecule has 10 heteroatoms. The van der Waals surface area contributed by atoms with Gasteiger partial charge in [0.25, 0.3) is 5.69 Å². The van der Waals surface area contributed by atoms with Gasteiger partial charge in [-0.1, -0.05) is 19.8 Å². The second-order valence-electron chi connectivity index (χ2n) is 6.63. The molecule has 0 aliphatic carbocycles. The maximum Gasteiger partial charge on any atom is 0.269 e. The smallest absolute Gasteiger partial charge is 0.269 e. The Balaban J connectivity index is 2.12. The first-order valence-electron chi connectivity index (χ1n) is 9.20. The Morgan fingerprint density at radius 2 is 1.93 bits per heavy atom. The molecule has 0 aromatic heterocycles. The van der Waals surface area contributed by atoms with E-state index in [-0.39, 0.29) is 23.8 Å². The quantitative estimate of drug-likeness (QED) is 0.266. The summed E-state index contributed by atoms with van der Waals surface area (Å²) in [5.74, 6) is -0.117. The van der Waals surface area contributed by atoms with Gasteiger partial charge in [-0.05, 0) is 18.6 Å². The molecule has 1 aliphatic rings. The molecule has 1 amide bonds. The van der Waals surface area contributed by atoms with Gasteiger partial charge in [-0.25, -0.2) is 0 Å². The van der Waals surface area contributed by atoms with Crippen molar-refractivity contribution in [3.05, 3.63) is 34.4 Å². The molecule has 4 N–H and O–H groups in total. The van der Waals surface area contributed by atoms with Crippen LogP contribution in [-0.4, -0.2) is 63.4 Å². The van der Waals surface area contributed by atoms with Crippen molar-refractivity contribution in [3.63, 3.8) is 0 Å². The predicted molar refractivity (Wildman–Crippen MR) is 97.6 cm³/mol. The van der Waals surface area contributed by atoms with E-state index in [1.54, 1.807) is 0 Å². The van der Waals surface area contributed by atoms with E-state index in [2.05, 4.69) is 5.32 Å². The number of carbonyl (C=O) groups excluding carboxylic acids is 1. The fraction of sp³-hybridized carbons (Fsp3) is 0.611. The molecule has 2 rings (SSSR count). The summed E-state index contributed by atoms with van der Waals surface area (Å²) in [6, 6.07) is 4.11. The number of nitrogens with zero attached hydrogens (tertiary/aromatic N) is 1. The van der Waals surface area contributed by atoms with Crippen LogP contribution in [0.5, 0.6) is 5.75 Å². The van der Waals surface area contributed by atoms with Crippen LogP contribution in [0, 0.1) is 10.1 Å². The summed E-state index contributed by atoms with van der Waals surface area (Å²) in [4.78, 5) is 22.4. The molecule has 28 heavy (non-hydrogen) atoms. The maximum absolute atomic E-state index is 12.2. The molecule has 0 bridgehead atoms. The summed E-state index contributed by atoms with van der Waals surface area (Å²) in [7, 11) is 0. The third kappa shape index (κ3) is 5.61. The molecule has 156 valence electrons. The standard InChI is InChI=1S/C18H26N2O8/c1-2-3-4-5-14(22)19-15-17(24)16(23)13(10-21)28-18(15)27-12-8-6-11(7-9-12)20(25)26/h6-9,13,15-18,21,23-24H,2-5,10H2,1H3,(H,19,22)/t13-,15-,16+,17+,18-/m0/s1. The number of nitro groups is 1. The Hall–Kier alpha value is -2.27. The number of aliphatic hydroxyl groups is 3. The molecule has 10 nitrogen and oxygen atoms in total. The number of unbranched alkanes of at least 4 members (excludes halogenated alkanes) is 2. The maximum atomic E-state index is 12.2. The lowest BCUT2D eigenvalue weighted by atomic mass is 9.96. The highest BCUT2D eigenvalue weighted by atomic mass is 16.7. The van der Waals surface area contributed by atoms with Gasteiger partial charge in [0.1, 0.15) is 30.1 Å². The Labute approximate surface area is 162 Å². The van der Waals surface area contributed by atoms with E-state index in [9.17, 15) is 30.2 Å². The average Bonchev–Trinajstić information content (AvgIpc) is 2.68. The summed E-state index contributed by atoms with van der Waals surface area (Å²) < 4.78 is 11.1. The van der Waals surface area contributed by atoms with Gasteiger partial charge in [0.05, 0.1) is 11.5 Å². The highest BCUT2D eigenvalue weighted by molar-refractivity contribution is 5.76. The SMILES string of the molecule is CCCCCC(=O)N[C@@H]1[C@@H](Oc2ccc([N+](=O)[O-])cc2)O[C@@H](CO)[C@@H](O)[C@@H]1O.